The molecule has 1 aliphatic heterocycles. The number of carbonyl (C=O) groups is 2. The number of carbonyl (C=O) groups excluding carboxylic acids is 2. The number of nitrogens with zero attached hydrogens (tertiary/aromatic N) is 2. The Hall–Kier alpha value is -2.42. The number of amides is 3. The van der Waals surface area contributed by atoms with Crippen molar-refractivity contribution in [2.24, 2.45) is 5.92 Å². The first-order valence-electron chi connectivity index (χ1n) is 11.4. The van der Waals surface area contributed by atoms with Crippen molar-refractivity contribution in [3.8, 4) is 0 Å². The maximum atomic E-state index is 13.6. The summed E-state index contributed by atoms with van der Waals surface area (Å²) in [6.07, 6.45) is 5.44. The molecule has 1 aliphatic carbocycles. The van der Waals surface area contributed by atoms with Crippen LogP contribution in [0.2, 0.25) is 0 Å². The minimum atomic E-state index is -0.511. The van der Waals surface area contributed by atoms with Gasteiger partial charge >= 0.3 is 6.03 Å². The van der Waals surface area contributed by atoms with Crippen LogP contribution in [0.1, 0.15) is 62.4 Å². The fraction of sp³-hybridized carbons (Fsp3) is 0.400. The predicted octanol–water partition coefficient (Wildman–Crippen LogP) is 5.51. The highest BCUT2D eigenvalue weighted by atomic mass is 127. The fourth-order valence-corrected chi connectivity index (χ4v) is 5.72. The number of halogens is 1. The van der Waals surface area contributed by atoms with Crippen LogP contribution in [0.25, 0.3) is 11.0 Å². The standard InChI is InChI=1S/C25H27IN4O2/c1-15(16-8-4-2-5-9-16)22(23-27-19-13-12-18(26)14-20(19)28-23)30-24(31)21(29-25(30)32)17-10-6-3-7-11-17/h2,4-5,8-9,12-15,17,21-22H,3,6-7,10-11H2,1H3,(H,27,28)(H,29,32)/t15-,21+,22-/m0/s1. The Morgan fingerprint density at radius 2 is 1.81 bits per heavy atom. The van der Waals surface area contributed by atoms with E-state index in [1.165, 1.54) is 11.3 Å². The molecule has 3 amide bonds. The number of aromatic nitrogens is 2. The maximum absolute atomic E-state index is 13.6. The Morgan fingerprint density at radius 1 is 1.06 bits per heavy atom. The van der Waals surface area contributed by atoms with Gasteiger partial charge in [0.2, 0.25) is 0 Å². The summed E-state index contributed by atoms with van der Waals surface area (Å²) < 4.78 is 1.10. The molecule has 7 heteroatoms. The predicted molar refractivity (Wildman–Crippen MR) is 132 cm³/mol. The SMILES string of the molecule is C[C@@H](c1ccccc1)[C@@H](c1nc2ccc(I)cc2[nH]1)N1C(=O)N[C@H](C2CCCCC2)C1=O. The lowest BCUT2D eigenvalue weighted by Crippen LogP contribution is -2.40. The molecule has 6 nitrogen and oxygen atoms in total. The number of rotatable bonds is 5. The average Bonchev–Trinajstić information content (AvgIpc) is 3.36. The van der Waals surface area contributed by atoms with Gasteiger partial charge in [0.15, 0.2) is 0 Å². The molecule has 2 fully saturated rings. The number of benzene rings is 2. The molecule has 0 bridgehead atoms. The van der Waals surface area contributed by atoms with Crippen LogP contribution in [0, 0.1) is 9.49 Å². The molecule has 0 unspecified atom stereocenters. The van der Waals surface area contributed by atoms with Crippen LogP contribution in [0.4, 0.5) is 4.79 Å². The number of H-pyrrole nitrogens is 1. The lowest BCUT2D eigenvalue weighted by atomic mass is 9.83. The third-order valence-electron chi connectivity index (χ3n) is 6.94. The molecule has 166 valence electrons. The summed E-state index contributed by atoms with van der Waals surface area (Å²) >= 11 is 2.27. The van der Waals surface area contributed by atoms with Crippen LogP contribution < -0.4 is 5.32 Å². The van der Waals surface area contributed by atoms with Crippen LogP contribution in [-0.4, -0.2) is 32.8 Å². The molecule has 2 aromatic carbocycles. The van der Waals surface area contributed by atoms with E-state index in [4.69, 9.17) is 4.98 Å². The van der Waals surface area contributed by atoms with Crippen molar-refractivity contribution in [2.75, 3.05) is 0 Å². The van der Waals surface area contributed by atoms with E-state index in [9.17, 15) is 9.59 Å². The number of fused-ring (bicyclic) bond motifs is 1. The van der Waals surface area contributed by atoms with Crippen molar-refractivity contribution in [2.45, 2.75) is 57.0 Å². The number of urea groups is 1. The summed E-state index contributed by atoms with van der Waals surface area (Å²) in [4.78, 5) is 36.5. The van der Waals surface area contributed by atoms with Crippen LogP contribution in [0.15, 0.2) is 48.5 Å². The highest BCUT2D eigenvalue weighted by Crippen LogP contribution is 2.39. The van der Waals surface area contributed by atoms with Gasteiger partial charge in [-0.1, -0.05) is 56.5 Å². The van der Waals surface area contributed by atoms with E-state index in [1.807, 2.05) is 48.5 Å². The summed E-state index contributed by atoms with van der Waals surface area (Å²) in [6.45, 7) is 2.06. The lowest BCUT2D eigenvalue weighted by molar-refractivity contribution is -0.131. The molecule has 1 saturated heterocycles. The summed E-state index contributed by atoms with van der Waals surface area (Å²) in [5.41, 5.74) is 2.81. The molecule has 2 aliphatic rings. The fourth-order valence-electron chi connectivity index (χ4n) is 5.23. The number of nitrogens with one attached hydrogen (secondary N) is 2. The van der Waals surface area contributed by atoms with Crippen molar-refractivity contribution in [3.05, 3.63) is 63.5 Å². The summed E-state index contributed by atoms with van der Waals surface area (Å²) in [5, 5.41) is 3.02. The Kier molecular flexibility index (Phi) is 5.92. The van der Waals surface area contributed by atoms with Crippen molar-refractivity contribution in [1.29, 1.82) is 0 Å². The van der Waals surface area contributed by atoms with Gasteiger partial charge in [0.05, 0.1) is 11.0 Å². The van der Waals surface area contributed by atoms with E-state index < -0.39 is 12.1 Å². The first-order chi connectivity index (χ1) is 15.5. The third kappa shape index (κ3) is 3.91. The van der Waals surface area contributed by atoms with E-state index in [-0.39, 0.29) is 23.8 Å². The zero-order valence-corrected chi connectivity index (χ0v) is 20.2. The van der Waals surface area contributed by atoms with Gasteiger partial charge in [0.1, 0.15) is 17.9 Å². The number of imidazole rings is 1. The molecular weight excluding hydrogens is 515 g/mol. The highest BCUT2D eigenvalue weighted by molar-refractivity contribution is 14.1. The van der Waals surface area contributed by atoms with Gasteiger partial charge < -0.3 is 10.3 Å². The molecule has 3 aromatic rings. The van der Waals surface area contributed by atoms with Crippen LogP contribution >= 0.6 is 22.6 Å². The second-order valence-corrected chi connectivity index (χ2v) is 10.2. The highest BCUT2D eigenvalue weighted by Gasteiger charge is 2.48. The van der Waals surface area contributed by atoms with Crippen molar-refractivity contribution >= 4 is 45.6 Å². The van der Waals surface area contributed by atoms with Crippen molar-refractivity contribution in [1.82, 2.24) is 20.2 Å². The van der Waals surface area contributed by atoms with Crippen molar-refractivity contribution in [3.63, 3.8) is 0 Å². The zero-order valence-electron chi connectivity index (χ0n) is 18.1. The van der Waals surface area contributed by atoms with E-state index >= 15 is 0 Å². The average molecular weight is 542 g/mol. The Morgan fingerprint density at radius 3 is 2.56 bits per heavy atom. The number of hydrogen-bond donors (Lipinski definition) is 2. The number of aromatic amines is 1. The topological polar surface area (TPSA) is 78.1 Å². The van der Waals surface area contributed by atoms with Crippen LogP contribution in [-0.2, 0) is 4.79 Å². The van der Waals surface area contributed by atoms with E-state index in [0.29, 0.717) is 5.82 Å². The van der Waals surface area contributed by atoms with Gasteiger partial charge in [-0.05, 0) is 65.1 Å². The molecule has 2 N–H and O–H groups in total. The second kappa shape index (κ2) is 8.84. The molecule has 1 saturated carbocycles. The van der Waals surface area contributed by atoms with Gasteiger partial charge in [-0.25, -0.2) is 9.78 Å². The lowest BCUT2D eigenvalue weighted by Gasteiger charge is -2.30. The Bertz CT molecular complexity index is 1140. The summed E-state index contributed by atoms with van der Waals surface area (Å²) in [5.74, 6) is 0.627. The van der Waals surface area contributed by atoms with Gasteiger partial charge in [-0.3, -0.25) is 9.69 Å². The molecule has 0 spiro atoms. The Balaban J connectivity index is 1.56. The molecule has 2 heterocycles. The van der Waals surface area contributed by atoms with Crippen LogP contribution in [0.3, 0.4) is 0 Å². The summed E-state index contributed by atoms with van der Waals surface area (Å²) in [7, 11) is 0. The van der Waals surface area contributed by atoms with Gasteiger partial charge in [-0.2, -0.15) is 0 Å². The maximum Gasteiger partial charge on any atom is 0.325 e. The molecule has 0 radical (unpaired) electrons. The van der Waals surface area contributed by atoms with Gasteiger partial charge in [-0.15, -0.1) is 0 Å². The first kappa shape index (κ1) is 21.4. The summed E-state index contributed by atoms with van der Waals surface area (Å²) in [6, 6.07) is 14.8. The normalized spacial score (nSPS) is 21.7. The molecule has 1 aromatic heterocycles. The van der Waals surface area contributed by atoms with E-state index in [1.54, 1.807) is 0 Å². The Labute approximate surface area is 201 Å². The van der Waals surface area contributed by atoms with Crippen LogP contribution in [0.5, 0.6) is 0 Å². The minimum Gasteiger partial charge on any atom is -0.340 e. The monoisotopic (exact) mass is 542 g/mol. The number of hydrogen-bond acceptors (Lipinski definition) is 3. The van der Waals surface area contributed by atoms with Gasteiger partial charge in [0.25, 0.3) is 5.91 Å². The van der Waals surface area contributed by atoms with Crippen molar-refractivity contribution < 1.29 is 9.59 Å². The molecular formula is C25H27IN4O2. The molecule has 32 heavy (non-hydrogen) atoms. The molecule has 3 atom stereocenters. The number of imide groups is 1. The van der Waals surface area contributed by atoms with E-state index in [0.717, 1.165) is 45.9 Å². The third-order valence-corrected chi connectivity index (χ3v) is 7.61. The van der Waals surface area contributed by atoms with Gasteiger partial charge in [0, 0.05) is 9.49 Å². The quantitative estimate of drug-likeness (QED) is 0.330. The second-order valence-electron chi connectivity index (χ2n) is 8.96. The first-order valence-corrected chi connectivity index (χ1v) is 12.4. The molecule has 5 rings (SSSR count). The smallest absolute Gasteiger partial charge is 0.325 e. The minimum absolute atomic E-state index is 0.115. The largest absolute Gasteiger partial charge is 0.340 e. The van der Waals surface area contributed by atoms with E-state index in [2.05, 4.69) is 39.8 Å². The zero-order chi connectivity index (χ0) is 22.2.